The molecule has 0 saturated heterocycles. The minimum atomic E-state index is -2.28. The second kappa shape index (κ2) is 8.54. The molecular formula is C15H27NO3Si. The highest BCUT2D eigenvalue weighted by Gasteiger charge is 2.32. The Bertz CT molecular complexity index is 375. The topological polar surface area (TPSA) is 64.7 Å². The third-order valence-corrected chi connectivity index (χ3v) is 6.10. The van der Waals surface area contributed by atoms with Gasteiger partial charge in [-0.15, -0.1) is 0 Å². The van der Waals surface area contributed by atoms with Crippen LogP contribution in [0.2, 0.25) is 12.6 Å². The van der Waals surface area contributed by atoms with Crippen LogP contribution in [-0.4, -0.2) is 32.6 Å². The molecule has 20 heavy (non-hydrogen) atoms. The van der Waals surface area contributed by atoms with Crippen molar-refractivity contribution in [2.45, 2.75) is 51.6 Å². The van der Waals surface area contributed by atoms with Crippen molar-refractivity contribution >= 4 is 8.56 Å². The zero-order valence-electron chi connectivity index (χ0n) is 12.7. The number of hydrogen-bond donors (Lipinski definition) is 2. The molecule has 3 unspecified atom stereocenters. The van der Waals surface area contributed by atoms with Gasteiger partial charge in [0.05, 0.1) is 12.3 Å². The maximum Gasteiger partial charge on any atom is 0.336 e. The summed E-state index contributed by atoms with van der Waals surface area (Å²) in [6.07, 6.45) is 0.630. The van der Waals surface area contributed by atoms with Crippen LogP contribution in [0, 0.1) is 0 Å². The molecule has 0 saturated carbocycles. The summed E-state index contributed by atoms with van der Waals surface area (Å²) in [5, 5.41) is 10.1. The van der Waals surface area contributed by atoms with Crippen LogP contribution in [0.5, 0.6) is 0 Å². The Morgan fingerprint density at radius 3 is 2.50 bits per heavy atom. The van der Waals surface area contributed by atoms with Crippen molar-refractivity contribution in [3.8, 4) is 0 Å². The van der Waals surface area contributed by atoms with Gasteiger partial charge in [0.25, 0.3) is 0 Å². The third kappa shape index (κ3) is 6.63. The summed E-state index contributed by atoms with van der Waals surface area (Å²) >= 11 is 0. The smallest absolute Gasteiger partial charge is 0.336 e. The molecule has 1 aromatic rings. The number of aliphatic hydroxyl groups excluding tert-OH is 1. The van der Waals surface area contributed by atoms with Crippen molar-refractivity contribution in [3.63, 3.8) is 0 Å². The van der Waals surface area contributed by atoms with Gasteiger partial charge < -0.3 is 19.7 Å². The number of aliphatic hydroxyl groups is 1. The molecule has 114 valence electrons. The second-order valence-electron chi connectivity index (χ2n) is 5.27. The number of nitrogens with two attached hydrogens (primary N) is 1. The molecule has 3 atom stereocenters. The van der Waals surface area contributed by atoms with Crippen molar-refractivity contribution in [1.29, 1.82) is 0 Å². The second-order valence-corrected chi connectivity index (χ2v) is 8.56. The highest BCUT2D eigenvalue weighted by molar-refractivity contribution is 6.66. The first-order chi connectivity index (χ1) is 9.45. The minimum Gasteiger partial charge on any atom is -0.395 e. The molecule has 4 nitrogen and oxygen atoms in total. The van der Waals surface area contributed by atoms with Gasteiger partial charge in [0.1, 0.15) is 0 Å². The molecule has 1 aromatic carbocycles. The Hall–Kier alpha value is -0.723. The van der Waals surface area contributed by atoms with Crippen molar-refractivity contribution in [3.05, 3.63) is 35.9 Å². The monoisotopic (exact) mass is 297 g/mol. The van der Waals surface area contributed by atoms with Crippen LogP contribution >= 0.6 is 0 Å². The van der Waals surface area contributed by atoms with Crippen molar-refractivity contribution in [1.82, 2.24) is 0 Å². The number of hydrogen-bond acceptors (Lipinski definition) is 4. The SMILES string of the molecule is CCO[Si](C)(CCC(O)Cc1ccccc1)OC(C)N. The van der Waals surface area contributed by atoms with Crippen LogP contribution in [0.4, 0.5) is 0 Å². The molecular weight excluding hydrogens is 270 g/mol. The standard InChI is InChI=1S/C15H27NO3Si/c1-4-18-20(3,19-13(2)16)11-10-15(17)12-14-8-6-5-7-9-14/h5-9,13,15,17H,4,10-12,16H2,1-3H3. The fourth-order valence-corrected chi connectivity index (χ4v) is 4.87. The molecule has 0 amide bonds. The van der Waals surface area contributed by atoms with Gasteiger partial charge in [-0.05, 0) is 44.8 Å². The fourth-order valence-electron chi connectivity index (χ4n) is 2.28. The van der Waals surface area contributed by atoms with E-state index in [9.17, 15) is 5.11 Å². The van der Waals surface area contributed by atoms with Gasteiger partial charge >= 0.3 is 8.56 Å². The zero-order valence-corrected chi connectivity index (χ0v) is 13.7. The largest absolute Gasteiger partial charge is 0.395 e. The highest BCUT2D eigenvalue weighted by atomic mass is 28.4. The predicted molar refractivity (Wildman–Crippen MR) is 83.6 cm³/mol. The molecule has 3 N–H and O–H groups in total. The summed E-state index contributed by atoms with van der Waals surface area (Å²) in [5.41, 5.74) is 6.85. The number of benzene rings is 1. The molecule has 0 bridgehead atoms. The first kappa shape index (κ1) is 17.3. The lowest BCUT2D eigenvalue weighted by atomic mass is 10.1. The summed E-state index contributed by atoms with van der Waals surface area (Å²) in [7, 11) is -2.28. The first-order valence-electron chi connectivity index (χ1n) is 7.24. The van der Waals surface area contributed by atoms with E-state index >= 15 is 0 Å². The van der Waals surface area contributed by atoms with Gasteiger partial charge in [0.2, 0.25) is 0 Å². The molecule has 0 radical (unpaired) electrons. The van der Waals surface area contributed by atoms with E-state index in [4.69, 9.17) is 14.6 Å². The maximum atomic E-state index is 10.1. The van der Waals surface area contributed by atoms with Crippen LogP contribution in [0.25, 0.3) is 0 Å². The lowest BCUT2D eigenvalue weighted by Crippen LogP contribution is -2.44. The van der Waals surface area contributed by atoms with Gasteiger partial charge in [-0.3, -0.25) is 0 Å². The quantitative estimate of drug-likeness (QED) is 0.543. The van der Waals surface area contributed by atoms with E-state index in [0.717, 1.165) is 11.6 Å². The first-order valence-corrected chi connectivity index (χ1v) is 9.77. The number of rotatable bonds is 9. The van der Waals surface area contributed by atoms with E-state index in [1.807, 2.05) is 50.7 Å². The Morgan fingerprint density at radius 1 is 1.30 bits per heavy atom. The van der Waals surface area contributed by atoms with Gasteiger partial charge in [0, 0.05) is 6.61 Å². The Morgan fingerprint density at radius 2 is 1.95 bits per heavy atom. The fraction of sp³-hybridized carbons (Fsp3) is 0.600. The zero-order chi connectivity index (χ0) is 15.0. The van der Waals surface area contributed by atoms with Crippen LogP contribution in [0.1, 0.15) is 25.8 Å². The molecule has 0 spiro atoms. The summed E-state index contributed by atoms with van der Waals surface area (Å²) in [4.78, 5) is 0. The van der Waals surface area contributed by atoms with E-state index in [1.165, 1.54) is 0 Å². The maximum absolute atomic E-state index is 10.1. The van der Waals surface area contributed by atoms with Gasteiger partial charge in [-0.25, -0.2) is 0 Å². The summed E-state index contributed by atoms with van der Waals surface area (Å²) in [5.74, 6) is 0. The van der Waals surface area contributed by atoms with Gasteiger partial charge in [0.15, 0.2) is 0 Å². The minimum absolute atomic E-state index is 0.329. The van der Waals surface area contributed by atoms with Crippen molar-refractivity contribution in [2.75, 3.05) is 6.61 Å². The van der Waals surface area contributed by atoms with E-state index in [0.29, 0.717) is 19.4 Å². The van der Waals surface area contributed by atoms with E-state index < -0.39 is 8.56 Å². The van der Waals surface area contributed by atoms with E-state index in [2.05, 4.69) is 0 Å². The molecule has 0 aliphatic rings. The summed E-state index contributed by atoms with van der Waals surface area (Å²) in [6, 6.07) is 10.8. The molecule has 1 rings (SSSR count). The van der Waals surface area contributed by atoms with Crippen LogP contribution in [0.15, 0.2) is 30.3 Å². The van der Waals surface area contributed by atoms with Crippen LogP contribution in [-0.2, 0) is 15.3 Å². The van der Waals surface area contributed by atoms with Gasteiger partial charge in [-0.2, -0.15) is 0 Å². The lowest BCUT2D eigenvalue weighted by molar-refractivity contribution is 0.123. The normalized spacial score (nSPS) is 17.4. The molecule has 0 aliphatic heterocycles. The Balaban J connectivity index is 2.46. The molecule has 0 fully saturated rings. The van der Waals surface area contributed by atoms with Crippen molar-refractivity contribution < 1.29 is 14.0 Å². The average molecular weight is 297 g/mol. The molecule has 0 aromatic heterocycles. The molecule has 0 aliphatic carbocycles. The predicted octanol–water partition coefficient (Wildman–Crippen LogP) is 2.41. The lowest BCUT2D eigenvalue weighted by Gasteiger charge is -2.29. The van der Waals surface area contributed by atoms with Gasteiger partial charge in [-0.1, -0.05) is 30.3 Å². The summed E-state index contributed by atoms with van der Waals surface area (Å²) < 4.78 is 11.5. The van der Waals surface area contributed by atoms with E-state index in [1.54, 1.807) is 0 Å². The Labute approximate surface area is 123 Å². The van der Waals surface area contributed by atoms with Crippen LogP contribution in [0.3, 0.4) is 0 Å². The molecule has 0 heterocycles. The molecule has 5 heteroatoms. The summed E-state index contributed by atoms with van der Waals surface area (Å²) in [6.45, 7) is 6.39. The Kier molecular flexibility index (Phi) is 7.40. The average Bonchev–Trinajstić information content (AvgIpc) is 2.37. The third-order valence-electron chi connectivity index (χ3n) is 3.13. The highest BCUT2D eigenvalue weighted by Crippen LogP contribution is 2.19. The van der Waals surface area contributed by atoms with E-state index in [-0.39, 0.29) is 12.3 Å². The van der Waals surface area contributed by atoms with Crippen LogP contribution < -0.4 is 5.73 Å². The van der Waals surface area contributed by atoms with Crippen molar-refractivity contribution in [2.24, 2.45) is 5.73 Å².